The highest BCUT2D eigenvalue weighted by Crippen LogP contribution is 2.36. The van der Waals surface area contributed by atoms with E-state index in [4.69, 9.17) is 2.74 Å². The fourth-order valence-electron chi connectivity index (χ4n) is 3.64. The van der Waals surface area contributed by atoms with Crippen LogP contribution in [0.15, 0.2) is 24.5 Å². The van der Waals surface area contributed by atoms with Crippen molar-refractivity contribution in [1.29, 1.82) is 0 Å². The first-order chi connectivity index (χ1) is 12.5. The van der Waals surface area contributed by atoms with Gasteiger partial charge < -0.3 is 14.8 Å². The molecule has 0 amide bonds. The first-order valence-corrected chi connectivity index (χ1v) is 8.24. The van der Waals surface area contributed by atoms with Crippen LogP contribution in [0.25, 0.3) is 10.9 Å². The van der Waals surface area contributed by atoms with Gasteiger partial charge in [0.05, 0.1) is 13.5 Å². The normalized spacial score (nSPS) is 26.7. The van der Waals surface area contributed by atoms with E-state index in [2.05, 4.69) is 10.6 Å². The largest absolute Gasteiger partial charge is 0.344 e. The number of fused-ring (bicyclic) bond motifs is 1. The van der Waals surface area contributed by atoms with Crippen molar-refractivity contribution in [3.8, 4) is 0 Å². The van der Waals surface area contributed by atoms with Gasteiger partial charge in [-0.2, -0.15) is 0 Å². The molecule has 0 saturated carbocycles. The number of nitrogens with zero attached hydrogens (tertiary/aromatic N) is 2. The van der Waals surface area contributed by atoms with Crippen LogP contribution in [0.3, 0.4) is 0 Å². The summed E-state index contributed by atoms with van der Waals surface area (Å²) in [7, 11) is 0. The lowest BCUT2D eigenvalue weighted by atomic mass is 10.1. The Labute approximate surface area is 142 Å². The zero-order valence-corrected chi connectivity index (χ0v) is 13.5. The predicted molar refractivity (Wildman–Crippen MR) is 92.2 cm³/mol. The number of hydrogen-bond donors (Lipinski definition) is 2. The maximum atomic E-state index is 15.3. The second-order valence-corrected chi connectivity index (χ2v) is 6.33. The number of piperidine rings is 1. The summed E-state index contributed by atoms with van der Waals surface area (Å²) in [5.41, 5.74) is 1.06. The summed E-state index contributed by atoms with van der Waals surface area (Å²) in [5.74, 6) is -1.35. The summed E-state index contributed by atoms with van der Waals surface area (Å²) in [6.07, 6.45) is 6.61. The molecule has 4 rings (SSSR count). The molecule has 4 nitrogen and oxygen atoms in total. The van der Waals surface area contributed by atoms with Gasteiger partial charge in [0.25, 0.3) is 0 Å². The van der Waals surface area contributed by atoms with Crippen LogP contribution in [0, 0.1) is 18.6 Å². The summed E-state index contributed by atoms with van der Waals surface area (Å²) in [6.45, 7) is 1.74. The summed E-state index contributed by atoms with van der Waals surface area (Å²) >= 11 is 0. The van der Waals surface area contributed by atoms with Crippen LogP contribution in [-0.2, 0) is 0 Å². The van der Waals surface area contributed by atoms with E-state index < -0.39 is 24.8 Å². The number of nitrogens with one attached hydrogen (secondary N) is 2. The molecule has 1 saturated heterocycles. The van der Waals surface area contributed by atoms with Crippen LogP contribution in [0.5, 0.6) is 0 Å². The number of halogens is 2. The third-order valence-corrected chi connectivity index (χ3v) is 4.79. The standard InChI is InChI=1S/C18H22F2N4/c1-12-10-24(13-3-6-21-7-4-13)15-9-14(19)18(17(20)16(12)15)23-8-2-5-22-11-23/h2,8-10,13,21-22H,3-7,11H2,1H3/i5D,11D. The highest BCUT2D eigenvalue weighted by Gasteiger charge is 2.25. The molecule has 128 valence electrons. The molecule has 0 radical (unpaired) electrons. The van der Waals surface area contributed by atoms with Crippen molar-refractivity contribution in [2.45, 2.75) is 25.8 Å². The molecule has 2 N–H and O–H groups in total. The minimum Gasteiger partial charge on any atom is -0.344 e. The smallest absolute Gasteiger partial charge is 0.159 e. The monoisotopic (exact) mass is 334 g/mol. The second-order valence-electron chi connectivity index (χ2n) is 6.33. The summed E-state index contributed by atoms with van der Waals surface area (Å²) in [5, 5.41) is 6.33. The molecular formula is C18H22F2N4. The van der Waals surface area contributed by atoms with Crippen molar-refractivity contribution in [3.63, 3.8) is 0 Å². The average Bonchev–Trinajstić information content (AvgIpc) is 2.94. The number of aromatic nitrogens is 1. The van der Waals surface area contributed by atoms with E-state index in [9.17, 15) is 4.39 Å². The zero-order chi connectivity index (χ0) is 18.4. The minimum absolute atomic E-state index is 0.224. The molecule has 24 heavy (non-hydrogen) atoms. The van der Waals surface area contributed by atoms with Gasteiger partial charge in [-0.05, 0) is 38.4 Å². The molecule has 3 heterocycles. The van der Waals surface area contributed by atoms with Crippen LogP contribution in [0.4, 0.5) is 14.5 Å². The zero-order valence-electron chi connectivity index (χ0n) is 15.5. The van der Waals surface area contributed by atoms with Crippen LogP contribution < -0.4 is 15.5 Å². The predicted octanol–water partition coefficient (Wildman–Crippen LogP) is 3.03. The van der Waals surface area contributed by atoms with Crippen LogP contribution in [0.1, 0.15) is 27.2 Å². The molecule has 2 unspecified atom stereocenters. The Balaban J connectivity index is 1.84. The van der Waals surface area contributed by atoms with Crippen LogP contribution in [-0.4, -0.2) is 30.8 Å². The quantitative estimate of drug-likeness (QED) is 0.885. The molecule has 0 bridgehead atoms. The van der Waals surface area contributed by atoms with E-state index >= 15 is 4.39 Å². The van der Waals surface area contributed by atoms with Crippen molar-refractivity contribution < 1.29 is 11.5 Å². The highest BCUT2D eigenvalue weighted by molar-refractivity contribution is 5.88. The van der Waals surface area contributed by atoms with E-state index in [1.807, 2.05) is 17.7 Å². The summed E-state index contributed by atoms with van der Waals surface area (Å²) in [4.78, 5) is 1.19. The second kappa shape index (κ2) is 6.18. The molecular weight excluding hydrogens is 310 g/mol. The molecule has 0 spiro atoms. The Bertz CT molecular complexity index is 861. The van der Waals surface area contributed by atoms with E-state index in [1.165, 1.54) is 23.2 Å². The Morgan fingerprint density at radius 1 is 1.25 bits per heavy atom. The number of rotatable bonds is 2. The summed E-state index contributed by atoms with van der Waals surface area (Å²) < 4.78 is 47.8. The molecule has 6 heteroatoms. The van der Waals surface area contributed by atoms with E-state index in [0.717, 1.165) is 31.5 Å². The molecule has 2 atom stereocenters. The topological polar surface area (TPSA) is 32.2 Å². The van der Waals surface area contributed by atoms with Crippen LogP contribution >= 0.6 is 0 Å². The third kappa shape index (κ3) is 2.50. The number of benzene rings is 1. The number of aryl methyl sites for hydroxylation is 1. The highest BCUT2D eigenvalue weighted by atomic mass is 19.1. The lowest BCUT2D eigenvalue weighted by Gasteiger charge is -2.27. The van der Waals surface area contributed by atoms with Gasteiger partial charge >= 0.3 is 0 Å². The van der Waals surface area contributed by atoms with E-state index in [0.29, 0.717) is 10.9 Å². The molecule has 2 aliphatic heterocycles. The van der Waals surface area contributed by atoms with Gasteiger partial charge in [0, 0.05) is 37.8 Å². The van der Waals surface area contributed by atoms with Crippen molar-refractivity contribution in [1.82, 2.24) is 15.2 Å². The molecule has 1 aromatic heterocycles. The fraction of sp³-hybridized carbons (Fsp3) is 0.444. The van der Waals surface area contributed by atoms with Gasteiger partial charge in [0.2, 0.25) is 0 Å². The Hall–Kier alpha value is -1.92. The van der Waals surface area contributed by atoms with Gasteiger partial charge in [-0.3, -0.25) is 5.32 Å². The van der Waals surface area contributed by atoms with Crippen molar-refractivity contribution in [2.24, 2.45) is 0 Å². The van der Waals surface area contributed by atoms with E-state index in [-0.39, 0.29) is 11.7 Å². The lowest BCUT2D eigenvalue weighted by molar-refractivity contribution is 0.375. The summed E-state index contributed by atoms with van der Waals surface area (Å²) in [6, 6.07) is 1.59. The number of hydrogen-bond acceptors (Lipinski definition) is 3. The minimum atomic E-state index is -1.12. The van der Waals surface area contributed by atoms with Gasteiger partial charge in [-0.15, -0.1) is 0 Å². The first kappa shape index (κ1) is 13.4. The van der Waals surface area contributed by atoms with E-state index in [1.54, 1.807) is 0 Å². The first-order valence-electron chi connectivity index (χ1n) is 9.40. The number of anilines is 1. The van der Waals surface area contributed by atoms with Crippen LogP contribution in [0.2, 0.25) is 0 Å². The fourth-order valence-corrected chi connectivity index (χ4v) is 3.64. The van der Waals surface area contributed by atoms with Gasteiger partial charge in [-0.25, -0.2) is 8.78 Å². The molecule has 1 aromatic carbocycles. The van der Waals surface area contributed by atoms with Gasteiger partial charge in [0.1, 0.15) is 5.69 Å². The SMILES string of the molecule is [2H]C1C=CN(c2c(F)cc3c(c(C)cn3C3CCNCC3)c2F)C([2H])N1. The van der Waals surface area contributed by atoms with Crippen molar-refractivity contribution in [3.05, 3.63) is 41.7 Å². The Kier molecular flexibility index (Phi) is 3.45. The molecule has 0 aliphatic carbocycles. The van der Waals surface area contributed by atoms with Crippen molar-refractivity contribution >= 4 is 16.6 Å². The third-order valence-electron chi connectivity index (χ3n) is 4.79. The maximum Gasteiger partial charge on any atom is 0.159 e. The molecule has 2 aromatic rings. The van der Waals surface area contributed by atoms with Crippen molar-refractivity contribution in [2.75, 3.05) is 31.2 Å². The molecule has 2 aliphatic rings. The van der Waals surface area contributed by atoms with Gasteiger partial charge in [0.15, 0.2) is 11.6 Å². The lowest BCUT2D eigenvalue weighted by Crippen LogP contribution is -2.35. The maximum absolute atomic E-state index is 15.3. The Morgan fingerprint density at radius 2 is 2.04 bits per heavy atom. The molecule has 1 fully saturated rings. The Morgan fingerprint density at radius 3 is 2.79 bits per heavy atom. The van der Waals surface area contributed by atoms with Gasteiger partial charge in [-0.1, -0.05) is 6.08 Å². The average molecular weight is 334 g/mol.